The smallest absolute Gasteiger partial charge is 0.147 e. The molecule has 0 fully saturated rings. The minimum absolute atomic E-state index is 0.356. The molecule has 3 aromatic rings. The largest absolute Gasteiger partial charge is 0.369 e. The van der Waals surface area contributed by atoms with Crippen LogP contribution in [0.15, 0.2) is 45.8 Å². The molecular formula is C16H14BrF2N3S2. The van der Waals surface area contributed by atoms with Gasteiger partial charge in [-0.3, -0.25) is 4.72 Å². The van der Waals surface area contributed by atoms with Crippen LogP contribution in [0.25, 0.3) is 10.1 Å². The second kappa shape index (κ2) is 8.24. The Morgan fingerprint density at radius 3 is 2.83 bits per heavy atom. The third-order valence-corrected chi connectivity index (χ3v) is 5.94. The predicted molar refractivity (Wildman–Crippen MR) is 101 cm³/mol. The molecule has 3 nitrogen and oxygen atoms in total. The third-order valence-electron chi connectivity index (χ3n) is 3.26. The van der Waals surface area contributed by atoms with E-state index in [1.54, 1.807) is 0 Å². The van der Waals surface area contributed by atoms with Gasteiger partial charge in [0, 0.05) is 29.0 Å². The summed E-state index contributed by atoms with van der Waals surface area (Å²) in [5, 5.41) is 4.44. The maximum atomic E-state index is 13.7. The molecule has 8 heteroatoms. The summed E-state index contributed by atoms with van der Waals surface area (Å²) in [6, 6.07) is 10.2. The molecule has 0 aliphatic rings. The van der Waals surface area contributed by atoms with Gasteiger partial charge in [0.25, 0.3) is 0 Å². The van der Waals surface area contributed by atoms with Crippen LogP contribution in [0.5, 0.6) is 0 Å². The summed E-state index contributed by atoms with van der Waals surface area (Å²) in [5.74, 6) is -0.273. The van der Waals surface area contributed by atoms with Crippen molar-refractivity contribution in [3.05, 3.63) is 52.5 Å². The summed E-state index contributed by atoms with van der Waals surface area (Å²) in [6.07, 6.45) is 0.847. The van der Waals surface area contributed by atoms with Crippen LogP contribution in [-0.4, -0.2) is 17.5 Å². The van der Waals surface area contributed by atoms with Gasteiger partial charge in [0.15, 0.2) is 0 Å². The molecule has 2 N–H and O–H groups in total. The highest BCUT2D eigenvalue weighted by Gasteiger charge is 2.10. The van der Waals surface area contributed by atoms with Gasteiger partial charge in [0.05, 0.1) is 9.60 Å². The standard InChI is InChI=1S/C16H14BrF2N3S2/c17-12-8-10(18)9-13(19)15(12)24-21-7-3-6-20-16-11-4-1-2-5-14(11)23-22-16/h1-2,4-5,8-9,21H,3,6-7H2,(H,20,22). The molecule has 0 radical (unpaired) electrons. The number of rotatable bonds is 7. The molecule has 2 aromatic carbocycles. The van der Waals surface area contributed by atoms with Gasteiger partial charge in [0.2, 0.25) is 0 Å². The average molecular weight is 430 g/mol. The number of halogens is 3. The number of nitrogens with zero attached hydrogens (tertiary/aromatic N) is 1. The third kappa shape index (κ3) is 4.24. The molecule has 0 unspecified atom stereocenters. The normalized spacial score (nSPS) is 11.1. The van der Waals surface area contributed by atoms with E-state index in [0.717, 1.165) is 46.9 Å². The van der Waals surface area contributed by atoms with E-state index in [1.165, 1.54) is 17.6 Å². The number of hydrogen-bond donors (Lipinski definition) is 2. The summed E-state index contributed by atoms with van der Waals surface area (Å²) in [7, 11) is 0. The Morgan fingerprint density at radius 2 is 2.00 bits per heavy atom. The quantitative estimate of drug-likeness (QED) is 0.387. The first kappa shape index (κ1) is 17.6. The van der Waals surface area contributed by atoms with Crippen LogP contribution < -0.4 is 10.0 Å². The molecule has 0 aliphatic carbocycles. The van der Waals surface area contributed by atoms with Gasteiger partial charge < -0.3 is 5.32 Å². The molecule has 0 bridgehead atoms. The first-order valence-electron chi connectivity index (χ1n) is 7.27. The van der Waals surface area contributed by atoms with Gasteiger partial charge >= 0.3 is 0 Å². The molecule has 0 amide bonds. The van der Waals surface area contributed by atoms with Crippen molar-refractivity contribution in [3.63, 3.8) is 0 Å². The molecule has 0 spiro atoms. The highest BCUT2D eigenvalue weighted by Crippen LogP contribution is 2.29. The van der Waals surface area contributed by atoms with E-state index in [-0.39, 0.29) is 0 Å². The second-order valence-electron chi connectivity index (χ2n) is 5.00. The lowest BCUT2D eigenvalue weighted by Crippen LogP contribution is -2.12. The first-order valence-corrected chi connectivity index (χ1v) is 9.66. The fraction of sp³-hybridized carbons (Fsp3) is 0.188. The molecule has 3 rings (SSSR count). The zero-order valence-electron chi connectivity index (χ0n) is 12.5. The molecule has 0 aliphatic heterocycles. The number of nitrogens with one attached hydrogen (secondary N) is 2. The summed E-state index contributed by atoms with van der Waals surface area (Å²) in [5.41, 5.74) is 0. The molecule has 1 aromatic heterocycles. The Balaban J connectivity index is 1.43. The fourth-order valence-corrected chi connectivity index (χ4v) is 4.24. The van der Waals surface area contributed by atoms with Crippen molar-refractivity contribution in [2.45, 2.75) is 11.3 Å². The Hall–Kier alpha value is -1.22. The SMILES string of the molecule is Fc1cc(F)c(SNCCCNc2nsc3ccccc23)c(Br)c1. The van der Waals surface area contributed by atoms with Crippen LogP contribution in [0.4, 0.5) is 14.6 Å². The Morgan fingerprint density at radius 1 is 1.17 bits per heavy atom. The molecule has 1 heterocycles. The number of benzene rings is 2. The highest BCUT2D eigenvalue weighted by atomic mass is 79.9. The highest BCUT2D eigenvalue weighted by molar-refractivity contribution is 9.10. The van der Waals surface area contributed by atoms with Gasteiger partial charge in [-0.25, -0.2) is 8.78 Å². The molecule has 0 atom stereocenters. The van der Waals surface area contributed by atoms with E-state index in [1.807, 2.05) is 24.3 Å². The maximum Gasteiger partial charge on any atom is 0.147 e. The Kier molecular flexibility index (Phi) is 6.04. The van der Waals surface area contributed by atoms with Crippen molar-refractivity contribution in [2.24, 2.45) is 0 Å². The molecule has 0 saturated heterocycles. The van der Waals surface area contributed by atoms with Crippen LogP contribution in [-0.2, 0) is 0 Å². The molecule has 0 saturated carbocycles. The van der Waals surface area contributed by atoms with E-state index in [9.17, 15) is 8.78 Å². The van der Waals surface area contributed by atoms with Crippen LogP contribution in [0.3, 0.4) is 0 Å². The van der Waals surface area contributed by atoms with Gasteiger partial charge in [0.1, 0.15) is 17.5 Å². The number of anilines is 1. The van der Waals surface area contributed by atoms with E-state index in [0.29, 0.717) is 15.9 Å². The lowest BCUT2D eigenvalue weighted by molar-refractivity contribution is 0.563. The van der Waals surface area contributed by atoms with Crippen molar-refractivity contribution in [1.29, 1.82) is 0 Å². The molecular weight excluding hydrogens is 416 g/mol. The molecule has 126 valence electrons. The summed E-state index contributed by atoms with van der Waals surface area (Å²) in [4.78, 5) is 0.356. The fourth-order valence-electron chi connectivity index (χ4n) is 2.13. The number of aromatic nitrogens is 1. The minimum Gasteiger partial charge on any atom is -0.369 e. The van der Waals surface area contributed by atoms with Crippen molar-refractivity contribution in [3.8, 4) is 0 Å². The van der Waals surface area contributed by atoms with E-state index in [4.69, 9.17) is 0 Å². The van der Waals surface area contributed by atoms with Crippen LogP contribution in [0.2, 0.25) is 0 Å². The van der Waals surface area contributed by atoms with Crippen LogP contribution >= 0.6 is 39.4 Å². The van der Waals surface area contributed by atoms with Crippen LogP contribution in [0.1, 0.15) is 6.42 Å². The predicted octanol–water partition coefficient (Wildman–Crippen LogP) is 5.44. The first-order chi connectivity index (χ1) is 11.6. The lowest BCUT2D eigenvalue weighted by atomic mass is 10.2. The topological polar surface area (TPSA) is 37.0 Å². The summed E-state index contributed by atoms with van der Waals surface area (Å²) < 4.78 is 35.8. The monoisotopic (exact) mass is 429 g/mol. The second-order valence-corrected chi connectivity index (χ2v) is 7.56. The lowest BCUT2D eigenvalue weighted by Gasteiger charge is -2.08. The minimum atomic E-state index is -0.594. The summed E-state index contributed by atoms with van der Waals surface area (Å²) >= 11 is 5.80. The van der Waals surface area contributed by atoms with Crippen molar-refractivity contribution in [1.82, 2.24) is 9.10 Å². The average Bonchev–Trinajstić information content (AvgIpc) is 2.96. The van der Waals surface area contributed by atoms with Crippen LogP contribution in [0, 0.1) is 11.6 Å². The van der Waals surface area contributed by atoms with Crippen molar-refractivity contribution < 1.29 is 8.78 Å². The van der Waals surface area contributed by atoms with Gasteiger partial charge in [-0.1, -0.05) is 12.1 Å². The van der Waals surface area contributed by atoms with E-state index in [2.05, 4.69) is 30.3 Å². The van der Waals surface area contributed by atoms with Gasteiger partial charge in [-0.15, -0.1) is 0 Å². The Labute approximate surface area is 155 Å². The van der Waals surface area contributed by atoms with E-state index >= 15 is 0 Å². The summed E-state index contributed by atoms with van der Waals surface area (Å²) in [6.45, 7) is 1.44. The van der Waals surface area contributed by atoms with Crippen molar-refractivity contribution >= 4 is 55.3 Å². The zero-order chi connectivity index (χ0) is 16.9. The maximum absolute atomic E-state index is 13.7. The molecule has 24 heavy (non-hydrogen) atoms. The number of fused-ring (bicyclic) bond motifs is 1. The van der Waals surface area contributed by atoms with Crippen molar-refractivity contribution in [2.75, 3.05) is 18.4 Å². The number of hydrogen-bond acceptors (Lipinski definition) is 5. The van der Waals surface area contributed by atoms with E-state index < -0.39 is 11.6 Å². The Bertz CT molecular complexity index is 818. The van der Waals surface area contributed by atoms with Gasteiger partial charge in [-0.2, -0.15) is 4.37 Å². The van der Waals surface area contributed by atoms with Gasteiger partial charge in [-0.05, 0) is 64.0 Å². The zero-order valence-corrected chi connectivity index (χ0v) is 15.7.